The first-order chi connectivity index (χ1) is 9.18. The fraction of sp³-hybridized carbons (Fsp3) is 0.143. The maximum atomic E-state index is 11.9. The summed E-state index contributed by atoms with van der Waals surface area (Å²) in [6.45, 7) is -0.0118. The van der Waals surface area contributed by atoms with Crippen molar-refractivity contribution in [3.05, 3.63) is 52.7 Å². The molecule has 0 radical (unpaired) electrons. The second kappa shape index (κ2) is 6.15. The van der Waals surface area contributed by atoms with Crippen molar-refractivity contribution in [2.24, 2.45) is 0 Å². The number of benzene rings is 1. The molecule has 0 aliphatic heterocycles. The third kappa shape index (κ3) is 3.42. The maximum Gasteiger partial charge on any atom is 0.261 e. The molecule has 1 heterocycles. The van der Waals surface area contributed by atoms with Gasteiger partial charge in [0, 0.05) is 12.7 Å². The summed E-state index contributed by atoms with van der Waals surface area (Å²) in [6, 6.07) is 12.8. The molecule has 1 N–H and O–H groups in total. The first-order valence-electron chi connectivity index (χ1n) is 5.82. The summed E-state index contributed by atoms with van der Waals surface area (Å²) in [5.74, 6) is -0.374. The number of nitrogens with zero attached hydrogens (tertiary/aromatic N) is 1. The molecule has 0 bridgehead atoms. The Labute approximate surface area is 115 Å². The SMILES string of the molecule is CN(C(=O)CNC(=O)c1cccs1)c1ccccc1. The molecule has 19 heavy (non-hydrogen) atoms. The molecule has 0 saturated carbocycles. The number of anilines is 1. The minimum atomic E-state index is -0.218. The van der Waals surface area contributed by atoms with Crippen LogP contribution < -0.4 is 10.2 Å². The monoisotopic (exact) mass is 274 g/mol. The predicted molar refractivity (Wildman–Crippen MR) is 76.5 cm³/mol. The summed E-state index contributed by atoms with van der Waals surface area (Å²) in [5.41, 5.74) is 0.804. The summed E-state index contributed by atoms with van der Waals surface area (Å²) in [7, 11) is 1.69. The largest absolute Gasteiger partial charge is 0.342 e. The summed E-state index contributed by atoms with van der Waals surface area (Å²) in [5, 5.41) is 4.44. The zero-order valence-electron chi connectivity index (χ0n) is 10.5. The van der Waals surface area contributed by atoms with Gasteiger partial charge in [-0.15, -0.1) is 11.3 Å². The van der Waals surface area contributed by atoms with Crippen molar-refractivity contribution in [2.45, 2.75) is 0 Å². The molecule has 0 atom stereocenters. The number of likely N-dealkylation sites (N-methyl/N-ethyl adjacent to an activating group) is 1. The fourth-order valence-electron chi connectivity index (χ4n) is 1.56. The number of hydrogen-bond acceptors (Lipinski definition) is 3. The predicted octanol–water partition coefficient (Wildman–Crippen LogP) is 2.14. The Hall–Kier alpha value is -2.14. The van der Waals surface area contributed by atoms with Gasteiger partial charge in [-0.25, -0.2) is 0 Å². The molecule has 2 amide bonds. The highest BCUT2D eigenvalue weighted by Crippen LogP contribution is 2.11. The van der Waals surface area contributed by atoms with Crippen molar-refractivity contribution in [3.63, 3.8) is 0 Å². The van der Waals surface area contributed by atoms with Gasteiger partial charge in [0.25, 0.3) is 5.91 Å². The van der Waals surface area contributed by atoms with Crippen LogP contribution in [0.15, 0.2) is 47.8 Å². The highest BCUT2D eigenvalue weighted by atomic mass is 32.1. The molecule has 98 valence electrons. The summed E-state index contributed by atoms with van der Waals surface area (Å²) in [4.78, 5) is 25.8. The highest BCUT2D eigenvalue weighted by Gasteiger charge is 2.13. The highest BCUT2D eigenvalue weighted by molar-refractivity contribution is 7.12. The lowest BCUT2D eigenvalue weighted by atomic mass is 10.3. The number of nitrogens with one attached hydrogen (secondary N) is 1. The summed E-state index contributed by atoms with van der Waals surface area (Å²) < 4.78 is 0. The zero-order valence-corrected chi connectivity index (χ0v) is 11.3. The molecule has 1 aromatic carbocycles. The topological polar surface area (TPSA) is 49.4 Å². The summed E-state index contributed by atoms with van der Waals surface area (Å²) >= 11 is 1.35. The van der Waals surface area contributed by atoms with Gasteiger partial charge in [0.2, 0.25) is 5.91 Å². The van der Waals surface area contributed by atoms with E-state index in [-0.39, 0.29) is 18.4 Å². The van der Waals surface area contributed by atoms with Crippen molar-refractivity contribution in [2.75, 3.05) is 18.5 Å². The average Bonchev–Trinajstić information content (AvgIpc) is 2.98. The molecule has 2 aromatic rings. The van der Waals surface area contributed by atoms with E-state index in [1.54, 1.807) is 19.2 Å². The smallest absolute Gasteiger partial charge is 0.261 e. The number of hydrogen-bond donors (Lipinski definition) is 1. The molecule has 2 rings (SSSR count). The molecule has 0 unspecified atom stereocenters. The Kier molecular flexibility index (Phi) is 4.30. The maximum absolute atomic E-state index is 11.9. The summed E-state index contributed by atoms with van der Waals surface area (Å²) in [6.07, 6.45) is 0. The number of carbonyl (C=O) groups excluding carboxylic acids is 2. The van der Waals surface area contributed by atoms with Gasteiger partial charge in [0.05, 0.1) is 11.4 Å². The van der Waals surface area contributed by atoms with E-state index in [0.717, 1.165) is 5.69 Å². The average molecular weight is 274 g/mol. The van der Waals surface area contributed by atoms with Crippen LogP contribution in [0.4, 0.5) is 5.69 Å². The van der Waals surface area contributed by atoms with E-state index in [0.29, 0.717) is 4.88 Å². The van der Waals surface area contributed by atoms with E-state index < -0.39 is 0 Å². The molecule has 0 saturated heterocycles. The molecule has 0 aliphatic rings. The first kappa shape index (κ1) is 13.3. The van der Waals surface area contributed by atoms with E-state index >= 15 is 0 Å². The normalized spacial score (nSPS) is 9.95. The van der Waals surface area contributed by atoms with Gasteiger partial charge in [-0.2, -0.15) is 0 Å². The van der Waals surface area contributed by atoms with Gasteiger partial charge < -0.3 is 10.2 Å². The van der Waals surface area contributed by atoms with Gasteiger partial charge in [0.15, 0.2) is 0 Å². The third-order valence-electron chi connectivity index (χ3n) is 2.66. The van der Waals surface area contributed by atoms with Gasteiger partial charge in [-0.1, -0.05) is 24.3 Å². The lowest BCUT2D eigenvalue weighted by Gasteiger charge is -2.17. The van der Waals surface area contributed by atoms with Gasteiger partial charge >= 0.3 is 0 Å². The molecule has 4 nitrogen and oxygen atoms in total. The molecular weight excluding hydrogens is 260 g/mol. The van der Waals surface area contributed by atoms with Gasteiger partial charge in [-0.3, -0.25) is 9.59 Å². The molecule has 0 fully saturated rings. The number of rotatable bonds is 4. The second-order valence-corrected chi connectivity index (χ2v) is 4.90. The quantitative estimate of drug-likeness (QED) is 0.928. The van der Waals surface area contributed by atoms with Crippen LogP contribution in [0.3, 0.4) is 0 Å². The Balaban J connectivity index is 1.90. The van der Waals surface area contributed by atoms with Crippen molar-refractivity contribution in [1.82, 2.24) is 5.32 Å². The van der Waals surface area contributed by atoms with E-state index in [2.05, 4.69) is 5.32 Å². The number of carbonyl (C=O) groups is 2. The van der Waals surface area contributed by atoms with Crippen LogP contribution in [0.25, 0.3) is 0 Å². The van der Waals surface area contributed by atoms with Gasteiger partial charge in [-0.05, 0) is 23.6 Å². The second-order valence-electron chi connectivity index (χ2n) is 3.95. The standard InChI is InChI=1S/C14H14N2O2S/c1-16(11-6-3-2-4-7-11)13(17)10-15-14(18)12-8-5-9-19-12/h2-9H,10H2,1H3,(H,15,18). The van der Waals surface area contributed by atoms with E-state index in [1.807, 2.05) is 35.7 Å². The van der Waals surface area contributed by atoms with Crippen LogP contribution in [-0.2, 0) is 4.79 Å². The number of amides is 2. The molecular formula is C14H14N2O2S. The lowest BCUT2D eigenvalue weighted by Crippen LogP contribution is -2.37. The van der Waals surface area contributed by atoms with Crippen LogP contribution in [0.1, 0.15) is 9.67 Å². The Morgan fingerprint density at radius 1 is 1.16 bits per heavy atom. The Morgan fingerprint density at radius 2 is 1.89 bits per heavy atom. The van der Waals surface area contributed by atoms with Crippen molar-refractivity contribution in [1.29, 1.82) is 0 Å². The van der Waals surface area contributed by atoms with Crippen LogP contribution in [0.5, 0.6) is 0 Å². The third-order valence-corrected chi connectivity index (χ3v) is 3.53. The van der Waals surface area contributed by atoms with Crippen LogP contribution >= 0.6 is 11.3 Å². The molecule has 0 aliphatic carbocycles. The number of para-hydroxylation sites is 1. The van der Waals surface area contributed by atoms with Crippen LogP contribution in [0.2, 0.25) is 0 Å². The van der Waals surface area contributed by atoms with Crippen molar-refractivity contribution in [3.8, 4) is 0 Å². The van der Waals surface area contributed by atoms with E-state index in [1.165, 1.54) is 16.2 Å². The van der Waals surface area contributed by atoms with Crippen molar-refractivity contribution >= 4 is 28.8 Å². The minimum Gasteiger partial charge on any atom is -0.342 e. The van der Waals surface area contributed by atoms with Crippen LogP contribution in [0, 0.1) is 0 Å². The number of thiophene rings is 1. The zero-order chi connectivity index (χ0) is 13.7. The lowest BCUT2D eigenvalue weighted by molar-refractivity contribution is -0.117. The van der Waals surface area contributed by atoms with Gasteiger partial charge in [0.1, 0.15) is 0 Å². The Morgan fingerprint density at radius 3 is 2.53 bits per heavy atom. The Bertz CT molecular complexity index is 552. The van der Waals surface area contributed by atoms with Crippen molar-refractivity contribution < 1.29 is 9.59 Å². The first-order valence-corrected chi connectivity index (χ1v) is 6.70. The minimum absolute atomic E-state index is 0.0118. The molecule has 0 spiro atoms. The van der Waals surface area contributed by atoms with Crippen LogP contribution in [-0.4, -0.2) is 25.4 Å². The molecule has 5 heteroatoms. The van der Waals surface area contributed by atoms with E-state index in [9.17, 15) is 9.59 Å². The molecule has 1 aromatic heterocycles. The fourth-order valence-corrected chi connectivity index (χ4v) is 2.21. The van der Waals surface area contributed by atoms with E-state index in [4.69, 9.17) is 0 Å².